The molecule has 1 rings (SSSR count). The first kappa shape index (κ1) is 14.2. The zero-order chi connectivity index (χ0) is 13.3. The van der Waals surface area contributed by atoms with E-state index in [4.69, 9.17) is 4.74 Å². The van der Waals surface area contributed by atoms with Crippen LogP contribution in [0.4, 0.5) is 0 Å². The third kappa shape index (κ3) is 2.86. The Morgan fingerprint density at radius 1 is 1.53 bits per heavy atom. The standard InChI is InChI=1S/C15H24O2/c1-7-14(4,5)13(16)11(3)12-9-10-15(6,8-2)17-12/h7-8,11-12H,1-2,9-10H2,3-6H3. The summed E-state index contributed by atoms with van der Waals surface area (Å²) in [6, 6.07) is 0. The van der Waals surface area contributed by atoms with Crippen molar-refractivity contribution in [2.24, 2.45) is 11.3 Å². The van der Waals surface area contributed by atoms with Gasteiger partial charge in [-0.05, 0) is 33.6 Å². The molecule has 2 heteroatoms. The number of carbonyl (C=O) groups excluding carboxylic acids is 1. The minimum absolute atomic E-state index is 0.00437. The Bertz CT molecular complexity index is 330. The fraction of sp³-hybridized carbons (Fsp3) is 0.667. The molecule has 0 aliphatic carbocycles. The van der Waals surface area contributed by atoms with Crippen LogP contribution in [0.3, 0.4) is 0 Å². The third-order valence-corrected chi connectivity index (χ3v) is 3.89. The molecule has 0 spiro atoms. The minimum Gasteiger partial charge on any atom is -0.367 e. The van der Waals surface area contributed by atoms with Crippen LogP contribution in [0.5, 0.6) is 0 Å². The van der Waals surface area contributed by atoms with Crippen molar-refractivity contribution in [2.45, 2.75) is 52.2 Å². The summed E-state index contributed by atoms with van der Waals surface area (Å²) in [4.78, 5) is 12.3. The summed E-state index contributed by atoms with van der Waals surface area (Å²) in [7, 11) is 0. The second-order valence-electron chi connectivity index (χ2n) is 5.79. The smallest absolute Gasteiger partial charge is 0.147 e. The highest BCUT2D eigenvalue weighted by Crippen LogP contribution is 2.36. The van der Waals surface area contributed by atoms with Crippen molar-refractivity contribution in [3.05, 3.63) is 25.3 Å². The second kappa shape index (κ2) is 4.77. The Morgan fingerprint density at radius 3 is 2.53 bits per heavy atom. The molecule has 0 aromatic carbocycles. The predicted octanol–water partition coefficient (Wildman–Crippen LogP) is 3.53. The second-order valence-corrected chi connectivity index (χ2v) is 5.79. The molecule has 2 nitrogen and oxygen atoms in total. The molecule has 1 aliphatic heterocycles. The molecule has 0 bridgehead atoms. The minimum atomic E-state index is -0.476. The number of Topliss-reactive ketones (excluding diaryl/α,β-unsaturated/α-hetero) is 1. The summed E-state index contributed by atoms with van der Waals surface area (Å²) in [5.74, 6) is 0.107. The SMILES string of the molecule is C=CC1(C)CCC(C(C)C(=O)C(C)(C)C=C)O1. The van der Waals surface area contributed by atoms with Gasteiger partial charge in [-0.2, -0.15) is 0 Å². The monoisotopic (exact) mass is 236 g/mol. The molecule has 1 saturated heterocycles. The fourth-order valence-corrected chi connectivity index (χ4v) is 2.25. The Kier molecular flexibility index (Phi) is 3.98. The maximum absolute atomic E-state index is 12.3. The molecule has 17 heavy (non-hydrogen) atoms. The van der Waals surface area contributed by atoms with E-state index in [1.165, 1.54) is 0 Å². The number of rotatable bonds is 5. The molecule has 0 N–H and O–H groups in total. The van der Waals surface area contributed by atoms with Crippen LogP contribution in [0.1, 0.15) is 40.5 Å². The van der Waals surface area contributed by atoms with Gasteiger partial charge in [0.25, 0.3) is 0 Å². The number of ether oxygens (including phenoxy) is 1. The Balaban J connectivity index is 2.73. The van der Waals surface area contributed by atoms with Gasteiger partial charge in [-0.25, -0.2) is 0 Å². The van der Waals surface area contributed by atoms with Crippen molar-refractivity contribution in [1.29, 1.82) is 0 Å². The van der Waals surface area contributed by atoms with Crippen molar-refractivity contribution >= 4 is 5.78 Å². The van der Waals surface area contributed by atoms with Crippen LogP contribution in [-0.2, 0) is 9.53 Å². The normalized spacial score (nSPS) is 30.9. The van der Waals surface area contributed by atoms with E-state index in [-0.39, 0.29) is 23.4 Å². The van der Waals surface area contributed by atoms with Gasteiger partial charge in [-0.3, -0.25) is 4.79 Å². The lowest BCUT2D eigenvalue weighted by atomic mass is 9.79. The van der Waals surface area contributed by atoms with Gasteiger partial charge in [0.1, 0.15) is 5.78 Å². The van der Waals surface area contributed by atoms with Crippen molar-refractivity contribution in [3.8, 4) is 0 Å². The summed E-state index contributed by atoms with van der Waals surface area (Å²) >= 11 is 0. The molecular weight excluding hydrogens is 212 g/mol. The molecule has 1 aliphatic rings. The Morgan fingerprint density at radius 2 is 2.12 bits per heavy atom. The maximum Gasteiger partial charge on any atom is 0.147 e. The molecule has 3 atom stereocenters. The zero-order valence-electron chi connectivity index (χ0n) is 11.5. The fourth-order valence-electron chi connectivity index (χ4n) is 2.25. The summed E-state index contributed by atoms with van der Waals surface area (Å²) in [5, 5.41) is 0. The lowest BCUT2D eigenvalue weighted by Gasteiger charge is -2.28. The van der Waals surface area contributed by atoms with E-state index in [9.17, 15) is 4.79 Å². The highest BCUT2D eigenvalue weighted by atomic mass is 16.5. The van der Waals surface area contributed by atoms with Gasteiger partial charge in [0.2, 0.25) is 0 Å². The van der Waals surface area contributed by atoms with Gasteiger partial charge in [-0.15, -0.1) is 13.2 Å². The Hall–Kier alpha value is -0.890. The van der Waals surface area contributed by atoms with Gasteiger partial charge >= 0.3 is 0 Å². The van der Waals surface area contributed by atoms with Crippen molar-refractivity contribution in [3.63, 3.8) is 0 Å². The molecule has 0 aromatic heterocycles. The van der Waals surface area contributed by atoms with E-state index in [1.807, 2.05) is 33.8 Å². The van der Waals surface area contributed by atoms with Crippen LogP contribution in [0.15, 0.2) is 25.3 Å². The first-order valence-electron chi connectivity index (χ1n) is 6.25. The van der Waals surface area contributed by atoms with Crippen LogP contribution in [0.2, 0.25) is 0 Å². The number of ketones is 1. The lowest BCUT2D eigenvalue weighted by molar-refractivity contribution is -0.134. The largest absolute Gasteiger partial charge is 0.367 e. The number of allylic oxidation sites excluding steroid dienone is 1. The van der Waals surface area contributed by atoms with E-state index in [0.717, 1.165) is 12.8 Å². The molecule has 3 unspecified atom stereocenters. The molecule has 0 aromatic rings. The van der Waals surface area contributed by atoms with Gasteiger partial charge < -0.3 is 4.74 Å². The highest BCUT2D eigenvalue weighted by molar-refractivity contribution is 5.88. The van der Waals surface area contributed by atoms with E-state index in [1.54, 1.807) is 6.08 Å². The van der Waals surface area contributed by atoms with Gasteiger partial charge in [0.15, 0.2) is 0 Å². The van der Waals surface area contributed by atoms with Crippen LogP contribution < -0.4 is 0 Å². The lowest BCUT2D eigenvalue weighted by Crippen LogP contribution is -2.36. The first-order valence-corrected chi connectivity index (χ1v) is 6.25. The predicted molar refractivity (Wildman–Crippen MR) is 70.9 cm³/mol. The van der Waals surface area contributed by atoms with Gasteiger partial charge in [0.05, 0.1) is 11.7 Å². The summed E-state index contributed by atoms with van der Waals surface area (Å²) in [6.07, 6.45) is 5.41. The molecule has 0 saturated carbocycles. The van der Waals surface area contributed by atoms with Crippen LogP contribution in [-0.4, -0.2) is 17.5 Å². The average Bonchev–Trinajstić information content (AvgIpc) is 2.70. The molecular formula is C15H24O2. The Labute approximate surface area is 105 Å². The number of hydrogen-bond acceptors (Lipinski definition) is 2. The van der Waals surface area contributed by atoms with Gasteiger partial charge in [0, 0.05) is 11.3 Å². The topological polar surface area (TPSA) is 26.3 Å². The third-order valence-electron chi connectivity index (χ3n) is 3.89. The molecule has 0 amide bonds. The number of hydrogen-bond donors (Lipinski definition) is 0. The first-order chi connectivity index (χ1) is 7.75. The highest BCUT2D eigenvalue weighted by Gasteiger charge is 2.41. The summed E-state index contributed by atoms with van der Waals surface area (Å²) in [6.45, 7) is 15.3. The van der Waals surface area contributed by atoms with E-state index in [0.29, 0.717) is 0 Å². The van der Waals surface area contributed by atoms with Crippen molar-refractivity contribution in [2.75, 3.05) is 0 Å². The molecule has 1 fully saturated rings. The van der Waals surface area contributed by atoms with E-state index < -0.39 is 5.41 Å². The van der Waals surface area contributed by atoms with Crippen molar-refractivity contribution < 1.29 is 9.53 Å². The van der Waals surface area contributed by atoms with E-state index >= 15 is 0 Å². The maximum atomic E-state index is 12.3. The summed E-state index contributed by atoms with van der Waals surface area (Å²) in [5.41, 5.74) is -0.743. The van der Waals surface area contributed by atoms with Crippen LogP contribution in [0.25, 0.3) is 0 Å². The van der Waals surface area contributed by atoms with Crippen molar-refractivity contribution in [1.82, 2.24) is 0 Å². The molecule has 0 radical (unpaired) electrons. The van der Waals surface area contributed by atoms with Gasteiger partial charge in [-0.1, -0.05) is 19.1 Å². The quantitative estimate of drug-likeness (QED) is 0.683. The summed E-state index contributed by atoms with van der Waals surface area (Å²) < 4.78 is 5.95. The molecule has 1 heterocycles. The zero-order valence-corrected chi connectivity index (χ0v) is 11.5. The van der Waals surface area contributed by atoms with Crippen LogP contribution >= 0.6 is 0 Å². The van der Waals surface area contributed by atoms with Crippen LogP contribution in [0, 0.1) is 11.3 Å². The molecule has 96 valence electrons. The number of carbonyl (C=O) groups is 1. The average molecular weight is 236 g/mol. The van der Waals surface area contributed by atoms with E-state index in [2.05, 4.69) is 13.2 Å².